The van der Waals surface area contributed by atoms with E-state index < -0.39 is 17.0 Å². The van der Waals surface area contributed by atoms with Gasteiger partial charge in [-0.2, -0.15) is 0 Å². The molecule has 0 spiro atoms. The van der Waals surface area contributed by atoms with Crippen molar-refractivity contribution in [2.45, 2.75) is 43.5 Å². The molecule has 0 unspecified atom stereocenters. The lowest BCUT2D eigenvalue weighted by Gasteiger charge is -2.28. The Balaban J connectivity index is 1.70. The second-order valence-electron chi connectivity index (χ2n) is 9.52. The summed E-state index contributed by atoms with van der Waals surface area (Å²) in [6.45, 7) is 6.29. The van der Waals surface area contributed by atoms with E-state index in [1.165, 1.54) is 36.0 Å². The normalized spacial score (nSPS) is 11.6. The molecule has 0 aliphatic heterocycles. The first-order valence-electron chi connectivity index (χ1n) is 12.8. The minimum absolute atomic E-state index is 0.0285. The molecule has 1 N–H and O–H groups in total. The van der Waals surface area contributed by atoms with Gasteiger partial charge in [0.05, 0.1) is 30.1 Å². The van der Waals surface area contributed by atoms with E-state index in [0.717, 1.165) is 11.3 Å². The minimum atomic E-state index is -0.670. The summed E-state index contributed by atoms with van der Waals surface area (Å²) in [5, 5.41) is 9.68. The number of aromatic nitrogens is 2. The topological polar surface area (TPSA) is 56.5 Å². The number of halogens is 4. The molecule has 0 bridgehead atoms. The van der Waals surface area contributed by atoms with Gasteiger partial charge in [-0.3, -0.25) is 4.57 Å². The predicted octanol–water partition coefficient (Wildman–Crippen LogP) is 7.72. The maximum Gasteiger partial charge on any atom is 0.173 e. The van der Waals surface area contributed by atoms with Crippen LogP contribution in [-0.4, -0.2) is 34.5 Å². The highest BCUT2D eigenvalue weighted by molar-refractivity contribution is 7.98. The molecular weight excluding hydrogens is 561 g/mol. The standard InChI is InChI=1S/C30H30ClF3N2O3S/c1-4-38-27-14-19(6-11-25(27)33)30(2,3)28-17-35-29(36(28)21-9-7-20(32)8-10-21)40-18-23-24(31)15-22(16-26(23)34)39-13-5-12-37/h6-11,14-17,37H,4-5,12-13,18H2,1-3H3. The lowest BCUT2D eigenvalue weighted by molar-refractivity contribution is 0.233. The number of aliphatic hydroxyl groups excluding tert-OH is 1. The first-order valence-corrected chi connectivity index (χ1v) is 14.1. The van der Waals surface area contributed by atoms with Gasteiger partial charge in [-0.05, 0) is 55.0 Å². The minimum Gasteiger partial charge on any atom is -0.493 e. The molecule has 0 radical (unpaired) electrons. The van der Waals surface area contributed by atoms with Crippen molar-refractivity contribution in [3.05, 3.63) is 100 Å². The molecule has 0 amide bonds. The van der Waals surface area contributed by atoms with Gasteiger partial charge >= 0.3 is 0 Å². The van der Waals surface area contributed by atoms with Crippen LogP contribution in [0.3, 0.4) is 0 Å². The number of hydrogen-bond donors (Lipinski definition) is 1. The first kappa shape index (κ1) is 29.8. The predicted molar refractivity (Wildman–Crippen MR) is 151 cm³/mol. The van der Waals surface area contributed by atoms with Crippen molar-refractivity contribution >= 4 is 23.4 Å². The zero-order chi connectivity index (χ0) is 28.9. The summed E-state index contributed by atoms with van der Waals surface area (Å²) in [6.07, 6.45) is 2.14. The number of ether oxygens (including phenoxy) is 2. The molecule has 0 saturated carbocycles. The molecule has 1 heterocycles. The summed E-state index contributed by atoms with van der Waals surface area (Å²) in [7, 11) is 0. The van der Waals surface area contributed by atoms with Crippen molar-refractivity contribution in [2.24, 2.45) is 0 Å². The molecule has 4 aromatic rings. The van der Waals surface area contributed by atoms with Crippen LogP contribution >= 0.6 is 23.4 Å². The quantitative estimate of drug-likeness (QED) is 0.135. The lowest BCUT2D eigenvalue weighted by atomic mass is 9.81. The molecule has 0 aliphatic carbocycles. The van der Waals surface area contributed by atoms with Gasteiger partial charge in [0.15, 0.2) is 16.7 Å². The zero-order valence-electron chi connectivity index (χ0n) is 22.4. The maximum atomic E-state index is 15.0. The molecule has 3 aromatic carbocycles. The van der Waals surface area contributed by atoms with Gasteiger partial charge in [0, 0.05) is 41.5 Å². The summed E-state index contributed by atoms with van der Waals surface area (Å²) in [6, 6.07) is 13.6. The fourth-order valence-electron chi connectivity index (χ4n) is 4.22. The Bertz CT molecular complexity index is 1440. The molecule has 212 valence electrons. The van der Waals surface area contributed by atoms with Crippen LogP contribution in [0.2, 0.25) is 5.02 Å². The highest BCUT2D eigenvalue weighted by atomic mass is 35.5. The lowest BCUT2D eigenvalue weighted by Crippen LogP contribution is -2.23. The van der Waals surface area contributed by atoms with Gasteiger partial charge in [0.25, 0.3) is 0 Å². The van der Waals surface area contributed by atoms with Crippen LogP contribution in [0, 0.1) is 17.5 Å². The maximum absolute atomic E-state index is 15.0. The molecule has 0 aliphatic rings. The monoisotopic (exact) mass is 590 g/mol. The van der Waals surface area contributed by atoms with E-state index in [1.54, 1.807) is 43.5 Å². The van der Waals surface area contributed by atoms with Crippen molar-refractivity contribution in [1.82, 2.24) is 9.55 Å². The van der Waals surface area contributed by atoms with Gasteiger partial charge < -0.3 is 14.6 Å². The smallest absolute Gasteiger partial charge is 0.173 e. The molecule has 0 saturated heterocycles. The van der Waals surface area contributed by atoms with E-state index in [1.807, 2.05) is 18.4 Å². The Morgan fingerprint density at radius 3 is 2.42 bits per heavy atom. The van der Waals surface area contributed by atoms with E-state index in [2.05, 4.69) is 4.98 Å². The number of hydrogen-bond acceptors (Lipinski definition) is 5. The van der Waals surface area contributed by atoms with Gasteiger partial charge in [0.1, 0.15) is 17.4 Å². The molecule has 0 atom stereocenters. The van der Waals surface area contributed by atoms with Crippen LogP contribution in [0.4, 0.5) is 13.2 Å². The van der Waals surface area contributed by atoms with E-state index in [0.29, 0.717) is 23.9 Å². The van der Waals surface area contributed by atoms with E-state index in [4.69, 9.17) is 26.2 Å². The van der Waals surface area contributed by atoms with Crippen LogP contribution < -0.4 is 9.47 Å². The molecule has 4 rings (SSSR count). The second-order valence-corrected chi connectivity index (χ2v) is 10.9. The third kappa shape index (κ3) is 6.59. The summed E-state index contributed by atoms with van der Waals surface area (Å²) in [5.41, 5.74) is 1.83. The third-order valence-corrected chi connectivity index (χ3v) is 7.76. The highest BCUT2D eigenvalue weighted by Crippen LogP contribution is 2.39. The van der Waals surface area contributed by atoms with Crippen molar-refractivity contribution in [3.8, 4) is 17.2 Å². The fourth-order valence-corrected chi connectivity index (χ4v) is 5.59. The van der Waals surface area contributed by atoms with Crippen LogP contribution in [0.25, 0.3) is 5.69 Å². The van der Waals surface area contributed by atoms with Crippen molar-refractivity contribution in [1.29, 1.82) is 0 Å². The van der Waals surface area contributed by atoms with Gasteiger partial charge in [-0.25, -0.2) is 18.2 Å². The van der Waals surface area contributed by atoms with Crippen LogP contribution in [0.15, 0.2) is 66.0 Å². The van der Waals surface area contributed by atoms with Crippen LogP contribution in [0.1, 0.15) is 44.0 Å². The number of benzene rings is 3. The SMILES string of the molecule is CCOc1cc(C(C)(C)c2cnc(SCc3c(F)cc(OCCCO)cc3Cl)n2-c2ccc(F)cc2)ccc1F. The largest absolute Gasteiger partial charge is 0.493 e. The molecule has 0 fully saturated rings. The number of aliphatic hydroxyl groups is 1. The fraction of sp³-hybridized carbons (Fsp3) is 0.300. The molecule has 10 heteroatoms. The molecule has 40 heavy (non-hydrogen) atoms. The number of imidazole rings is 1. The molecular formula is C30H30ClF3N2O3S. The van der Waals surface area contributed by atoms with Crippen molar-refractivity contribution < 1.29 is 27.8 Å². The van der Waals surface area contributed by atoms with Gasteiger partial charge in [-0.1, -0.05) is 43.3 Å². The summed E-state index contributed by atoms with van der Waals surface area (Å²) in [5.74, 6) is -0.738. The zero-order valence-corrected chi connectivity index (χ0v) is 24.0. The van der Waals surface area contributed by atoms with Gasteiger partial charge in [0.2, 0.25) is 0 Å². The third-order valence-electron chi connectivity index (χ3n) is 6.44. The molecule has 5 nitrogen and oxygen atoms in total. The second kappa shape index (κ2) is 13.0. The molecule has 1 aromatic heterocycles. The Hall–Kier alpha value is -3.14. The summed E-state index contributed by atoms with van der Waals surface area (Å²) < 4.78 is 55.9. The average Bonchev–Trinajstić information content (AvgIpc) is 3.35. The van der Waals surface area contributed by atoms with Crippen LogP contribution in [-0.2, 0) is 11.2 Å². The number of nitrogens with zero attached hydrogens (tertiary/aromatic N) is 2. The highest BCUT2D eigenvalue weighted by Gasteiger charge is 2.30. The van der Waals surface area contributed by atoms with Gasteiger partial charge in [-0.15, -0.1) is 0 Å². The van der Waals surface area contributed by atoms with E-state index in [9.17, 15) is 8.78 Å². The average molecular weight is 591 g/mol. The Labute approximate surface area is 240 Å². The van der Waals surface area contributed by atoms with E-state index in [-0.39, 0.29) is 46.9 Å². The first-order chi connectivity index (χ1) is 19.1. The van der Waals surface area contributed by atoms with E-state index >= 15 is 4.39 Å². The van der Waals surface area contributed by atoms with Crippen molar-refractivity contribution in [2.75, 3.05) is 19.8 Å². The van der Waals surface area contributed by atoms with Crippen molar-refractivity contribution in [3.63, 3.8) is 0 Å². The Morgan fingerprint density at radius 2 is 1.75 bits per heavy atom. The van der Waals surface area contributed by atoms with Crippen LogP contribution in [0.5, 0.6) is 11.5 Å². The summed E-state index contributed by atoms with van der Waals surface area (Å²) in [4.78, 5) is 4.64. The number of thioether (sulfide) groups is 1. The summed E-state index contributed by atoms with van der Waals surface area (Å²) >= 11 is 7.68. The Kier molecular flexibility index (Phi) is 9.71. The Morgan fingerprint density at radius 1 is 1.00 bits per heavy atom. The number of rotatable bonds is 12.